The van der Waals surface area contributed by atoms with Crippen LogP contribution in [0.3, 0.4) is 0 Å². The van der Waals surface area contributed by atoms with Crippen molar-refractivity contribution < 1.29 is 4.79 Å². The third kappa shape index (κ3) is 3.25. The van der Waals surface area contributed by atoms with E-state index >= 15 is 0 Å². The van der Waals surface area contributed by atoms with Crippen molar-refractivity contribution in [2.75, 3.05) is 19.6 Å². The number of piperidine rings is 1. The SMILES string of the molecule is CC1CCCNC1C(=O)N1CCCC(C)(C)CC1. The van der Waals surface area contributed by atoms with Gasteiger partial charge in [0.1, 0.15) is 0 Å². The van der Waals surface area contributed by atoms with Crippen molar-refractivity contribution in [1.29, 1.82) is 0 Å². The maximum absolute atomic E-state index is 12.6. The second-order valence-corrected chi connectivity index (χ2v) is 6.89. The van der Waals surface area contributed by atoms with E-state index in [2.05, 4.69) is 31.0 Å². The number of nitrogens with zero attached hydrogens (tertiary/aromatic N) is 1. The van der Waals surface area contributed by atoms with Crippen LogP contribution in [-0.2, 0) is 4.79 Å². The van der Waals surface area contributed by atoms with Gasteiger partial charge in [-0.1, -0.05) is 20.8 Å². The quantitative estimate of drug-likeness (QED) is 0.777. The highest BCUT2D eigenvalue weighted by molar-refractivity contribution is 5.82. The van der Waals surface area contributed by atoms with Crippen molar-refractivity contribution in [2.24, 2.45) is 11.3 Å². The fourth-order valence-electron chi connectivity index (χ4n) is 3.22. The monoisotopic (exact) mass is 252 g/mol. The van der Waals surface area contributed by atoms with E-state index in [1.807, 2.05) is 0 Å². The van der Waals surface area contributed by atoms with Crippen LogP contribution in [0.4, 0.5) is 0 Å². The summed E-state index contributed by atoms with van der Waals surface area (Å²) in [5, 5.41) is 3.42. The average Bonchev–Trinajstić information content (AvgIpc) is 2.50. The fraction of sp³-hybridized carbons (Fsp3) is 0.933. The molecule has 2 fully saturated rings. The third-order valence-electron chi connectivity index (χ3n) is 4.69. The van der Waals surface area contributed by atoms with Crippen molar-refractivity contribution in [1.82, 2.24) is 10.2 Å². The predicted octanol–water partition coefficient (Wildman–Crippen LogP) is 2.41. The Hall–Kier alpha value is -0.570. The van der Waals surface area contributed by atoms with E-state index in [0.29, 0.717) is 17.2 Å². The van der Waals surface area contributed by atoms with Gasteiger partial charge in [-0.05, 0) is 50.0 Å². The van der Waals surface area contributed by atoms with Gasteiger partial charge in [0.25, 0.3) is 0 Å². The Labute approximate surface area is 111 Å². The Morgan fingerprint density at radius 2 is 2.00 bits per heavy atom. The maximum Gasteiger partial charge on any atom is 0.239 e. The first-order valence-electron chi connectivity index (χ1n) is 7.52. The van der Waals surface area contributed by atoms with Crippen LogP contribution in [0, 0.1) is 11.3 Å². The molecule has 18 heavy (non-hydrogen) atoms. The van der Waals surface area contributed by atoms with Crippen LogP contribution in [0.25, 0.3) is 0 Å². The first kappa shape index (κ1) is 13.9. The molecule has 0 aromatic heterocycles. The van der Waals surface area contributed by atoms with Gasteiger partial charge >= 0.3 is 0 Å². The smallest absolute Gasteiger partial charge is 0.239 e. The van der Waals surface area contributed by atoms with Gasteiger partial charge in [0.15, 0.2) is 0 Å². The molecular formula is C15H28N2O. The molecule has 3 nitrogen and oxygen atoms in total. The van der Waals surface area contributed by atoms with E-state index in [0.717, 1.165) is 32.5 Å². The summed E-state index contributed by atoms with van der Waals surface area (Å²) in [5.41, 5.74) is 0.403. The standard InChI is InChI=1S/C15H28N2O/c1-12-6-4-9-16-13(12)14(18)17-10-5-7-15(2,3)8-11-17/h12-13,16H,4-11H2,1-3H3. The van der Waals surface area contributed by atoms with Gasteiger partial charge < -0.3 is 10.2 Å². The van der Waals surface area contributed by atoms with E-state index in [1.54, 1.807) is 0 Å². The largest absolute Gasteiger partial charge is 0.341 e. The second-order valence-electron chi connectivity index (χ2n) is 6.89. The molecule has 3 heteroatoms. The van der Waals surface area contributed by atoms with Gasteiger partial charge in [-0.15, -0.1) is 0 Å². The molecule has 0 bridgehead atoms. The van der Waals surface area contributed by atoms with Crippen molar-refractivity contribution in [2.45, 2.75) is 58.9 Å². The third-order valence-corrected chi connectivity index (χ3v) is 4.69. The van der Waals surface area contributed by atoms with E-state index < -0.39 is 0 Å². The van der Waals surface area contributed by atoms with Crippen LogP contribution < -0.4 is 5.32 Å². The molecule has 0 aliphatic carbocycles. The summed E-state index contributed by atoms with van der Waals surface area (Å²) in [6.45, 7) is 9.74. The van der Waals surface area contributed by atoms with Crippen molar-refractivity contribution in [3.63, 3.8) is 0 Å². The van der Waals surface area contributed by atoms with Crippen molar-refractivity contribution in [3.05, 3.63) is 0 Å². The molecule has 1 N–H and O–H groups in total. The molecule has 104 valence electrons. The number of rotatable bonds is 1. The lowest BCUT2D eigenvalue weighted by Gasteiger charge is -2.33. The highest BCUT2D eigenvalue weighted by atomic mass is 16.2. The summed E-state index contributed by atoms with van der Waals surface area (Å²) in [7, 11) is 0. The van der Waals surface area contributed by atoms with E-state index in [4.69, 9.17) is 0 Å². The Balaban J connectivity index is 1.96. The van der Waals surface area contributed by atoms with Gasteiger partial charge in [-0.3, -0.25) is 4.79 Å². The van der Waals surface area contributed by atoms with E-state index in [9.17, 15) is 4.79 Å². The van der Waals surface area contributed by atoms with Gasteiger partial charge in [0, 0.05) is 13.1 Å². The highest BCUT2D eigenvalue weighted by Crippen LogP contribution is 2.30. The molecule has 2 unspecified atom stereocenters. The summed E-state index contributed by atoms with van der Waals surface area (Å²) < 4.78 is 0. The summed E-state index contributed by atoms with van der Waals surface area (Å²) >= 11 is 0. The summed E-state index contributed by atoms with van der Waals surface area (Å²) in [6.07, 6.45) is 5.92. The highest BCUT2D eigenvalue weighted by Gasteiger charge is 2.33. The average molecular weight is 252 g/mol. The molecular weight excluding hydrogens is 224 g/mol. The Bertz CT molecular complexity index is 301. The predicted molar refractivity (Wildman–Crippen MR) is 74.4 cm³/mol. The lowest BCUT2D eigenvalue weighted by molar-refractivity contribution is -0.135. The number of nitrogens with one attached hydrogen (secondary N) is 1. The summed E-state index contributed by atoms with van der Waals surface area (Å²) in [4.78, 5) is 14.7. The van der Waals surface area contributed by atoms with Crippen molar-refractivity contribution in [3.8, 4) is 0 Å². The molecule has 0 saturated carbocycles. The molecule has 2 aliphatic heterocycles. The molecule has 2 rings (SSSR count). The lowest BCUT2D eigenvalue weighted by Crippen LogP contribution is -2.52. The first-order valence-corrected chi connectivity index (χ1v) is 7.52. The van der Waals surface area contributed by atoms with Gasteiger partial charge in [-0.2, -0.15) is 0 Å². The molecule has 0 aromatic rings. The zero-order valence-corrected chi connectivity index (χ0v) is 12.2. The van der Waals surface area contributed by atoms with Gasteiger partial charge in [-0.25, -0.2) is 0 Å². The van der Waals surface area contributed by atoms with Gasteiger partial charge in [0.2, 0.25) is 5.91 Å². The van der Waals surface area contributed by atoms with Crippen LogP contribution >= 0.6 is 0 Å². The minimum absolute atomic E-state index is 0.0694. The molecule has 2 aliphatic rings. The molecule has 2 saturated heterocycles. The number of likely N-dealkylation sites (tertiary alicyclic amines) is 1. The first-order chi connectivity index (χ1) is 8.49. The van der Waals surface area contributed by atoms with Crippen LogP contribution in [0.1, 0.15) is 52.9 Å². The van der Waals surface area contributed by atoms with Crippen LogP contribution in [0.15, 0.2) is 0 Å². The molecule has 2 atom stereocenters. The minimum atomic E-state index is 0.0694. The van der Waals surface area contributed by atoms with E-state index in [-0.39, 0.29) is 6.04 Å². The Kier molecular flexibility index (Phi) is 4.31. The molecule has 1 amide bonds. The number of hydrogen-bond donors (Lipinski definition) is 1. The van der Waals surface area contributed by atoms with Crippen molar-refractivity contribution >= 4 is 5.91 Å². The molecule has 0 aromatic carbocycles. The normalized spacial score (nSPS) is 32.9. The molecule has 0 spiro atoms. The van der Waals surface area contributed by atoms with Crippen LogP contribution in [0.5, 0.6) is 0 Å². The van der Waals surface area contributed by atoms with E-state index in [1.165, 1.54) is 19.3 Å². The zero-order chi connectivity index (χ0) is 13.2. The van der Waals surface area contributed by atoms with Crippen LogP contribution in [0.2, 0.25) is 0 Å². The second kappa shape index (κ2) is 5.60. The Morgan fingerprint density at radius 3 is 2.72 bits per heavy atom. The van der Waals surface area contributed by atoms with Crippen LogP contribution in [-0.4, -0.2) is 36.5 Å². The summed E-state index contributed by atoms with van der Waals surface area (Å²) in [6, 6.07) is 0.0694. The zero-order valence-electron chi connectivity index (χ0n) is 12.2. The molecule has 0 radical (unpaired) electrons. The van der Waals surface area contributed by atoms with Gasteiger partial charge in [0.05, 0.1) is 6.04 Å². The lowest BCUT2D eigenvalue weighted by atomic mass is 9.85. The Morgan fingerprint density at radius 1 is 1.22 bits per heavy atom. The number of hydrogen-bond acceptors (Lipinski definition) is 2. The number of amides is 1. The molecule has 2 heterocycles. The number of carbonyl (C=O) groups excluding carboxylic acids is 1. The number of carbonyl (C=O) groups is 1. The minimum Gasteiger partial charge on any atom is -0.341 e. The summed E-state index contributed by atoms with van der Waals surface area (Å²) in [5.74, 6) is 0.836. The maximum atomic E-state index is 12.6. The topological polar surface area (TPSA) is 32.3 Å². The fourth-order valence-corrected chi connectivity index (χ4v) is 3.22.